The number of nitrogens with one attached hydrogen (secondary N) is 1. The molecule has 1 unspecified atom stereocenters. The predicted molar refractivity (Wildman–Crippen MR) is 84.2 cm³/mol. The normalized spacial score (nSPS) is 15.8. The van der Waals surface area contributed by atoms with Crippen molar-refractivity contribution in [3.05, 3.63) is 47.0 Å². The van der Waals surface area contributed by atoms with Gasteiger partial charge in [-0.15, -0.1) is 0 Å². The molecule has 0 fully saturated rings. The van der Waals surface area contributed by atoms with E-state index in [2.05, 4.69) is 5.32 Å². The monoisotopic (exact) mass is 315 g/mol. The largest absolute Gasteiger partial charge is 0.506 e. The van der Waals surface area contributed by atoms with Gasteiger partial charge >= 0.3 is 5.97 Å². The zero-order valence-electron chi connectivity index (χ0n) is 13.0. The summed E-state index contributed by atoms with van der Waals surface area (Å²) in [5, 5.41) is 13.0. The summed E-state index contributed by atoms with van der Waals surface area (Å²) < 4.78 is 15.9. The first kappa shape index (κ1) is 15.0. The number of aromatic hydroxyl groups is 1. The summed E-state index contributed by atoms with van der Waals surface area (Å²) >= 11 is 0. The molecule has 0 aliphatic carbocycles. The third kappa shape index (κ3) is 2.52. The van der Waals surface area contributed by atoms with Crippen molar-refractivity contribution in [2.24, 2.45) is 0 Å². The Labute approximate surface area is 133 Å². The maximum Gasteiger partial charge on any atom is 0.344 e. The number of aryl methyl sites for hydroxylation is 1. The Bertz CT molecular complexity index is 772. The minimum atomic E-state index is -0.704. The summed E-state index contributed by atoms with van der Waals surface area (Å²) in [6, 6.07) is 8.62. The van der Waals surface area contributed by atoms with Crippen LogP contribution in [0.3, 0.4) is 0 Å². The van der Waals surface area contributed by atoms with E-state index in [-0.39, 0.29) is 5.75 Å². The van der Waals surface area contributed by atoms with Crippen molar-refractivity contribution in [1.82, 2.24) is 0 Å². The highest BCUT2D eigenvalue weighted by atomic mass is 16.6. The SMILES string of the molecule is COc1ccc2c(c1OC)C(=O)OC2Nc1cc(C)ccc1O. The van der Waals surface area contributed by atoms with Gasteiger partial charge in [0.05, 0.1) is 19.9 Å². The predicted octanol–water partition coefficient (Wildman–Crippen LogP) is 3.00. The Morgan fingerprint density at radius 1 is 1.17 bits per heavy atom. The quantitative estimate of drug-likeness (QED) is 0.667. The lowest BCUT2D eigenvalue weighted by Crippen LogP contribution is -2.10. The number of hydrogen-bond donors (Lipinski definition) is 2. The molecule has 0 amide bonds. The number of phenols is 1. The number of rotatable bonds is 4. The summed E-state index contributed by atoms with van der Waals surface area (Å²) in [6.07, 6.45) is -0.704. The molecular formula is C17H17NO5. The molecule has 2 aromatic carbocycles. The Morgan fingerprint density at radius 3 is 2.65 bits per heavy atom. The number of carbonyl (C=O) groups excluding carboxylic acids is 1. The smallest absolute Gasteiger partial charge is 0.344 e. The van der Waals surface area contributed by atoms with Gasteiger partial charge in [-0.1, -0.05) is 6.07 Å². The highest BCUT2D eigenvalue weighted by molar-refractivity contribution is 5.98. The van der Waals surface area contributed by atoms with Crippen LogP contribution in [0.5, 0.6) is 17.2 Å². The van der Waals surface area contributed by atoms with Crippen LogP contribution in [0.1, 0.15) is 27.7 Å². The standard InChI is InChI=1S/C17H17NO5/c1-9-4-6-12(19)11(8-9)18-16-10-5-7-13(21-2)15(22-3)14(10)17(20)23-16/h4-8,16,18-19H,1-3H3. The van der Waals surface area contributed by atoms with Gasteiger partial charge < -0.3 is 24.6 Å². The summed E-state index contributed by atoms with van der Waals surface area (Å²) in [4.78, 5) is 12.2. The fourth-order valence-corrected chi connectivity index (χ4v) is 2.61. The molecule has 0 spiro atoms. The van der Waals surface area contributed by atoms with Gasteiger partial charge in [0.15, 0.2) is 11.5 Å². The molecule has 1 atom stereocenters. The Morgan fingerprint density at radius 2 is 1.96 bits per heavy atom. The lowest BCUT2D eigenvalue weighted by molar-refractivity contribution is 0.0434. The van der Waals surface area contributed by atoms with E-state index in [1.807, 2.05) is 6.92 Å². The second-order valence-corrected chi connectivity index (χ2v) is 5.22. The van der Waals surface area contributed by atoms with Crippen LogP contribution in [0.25, 0.3) is 0 Å². The lowest BCUT2D eigenvalue weighted by Gasteiger charge is -2.16. The molecule has 1 heterocycles. The molecule has 6 heteroatoms. The first-order valence-corrected chi connectivity index (χ1v) is 7.07. The van der Waals surface area contributed by atoms with Gasteiger partial charge in [-0.2, -0.15) is 0 Å². The number of carbonyl (C=O) groups is 1. The number of fused-ring (bicyclic) bond motifs is 1. The number of phenolic OH excluding ortho intramolecular Hbond substituents is 1. The van der Waals surface area contributed by atoms with E-state index < -0.39 is 12.2 Å². The van der Waals surface area contributed by atoms with E-state index in [0.29, 0.717) is 28.3 Å². The number of benzene rings is 2. The number of anilines is 1. The van der Waals surface area contributed by atoms with Crippen molar-refractivity contribution in [2.75, 3.05) is 19.5 Å². The molecule has 120 valence electrons. The van der Waals surface area contributed by atoms with Crippen LogP contribution in [0, 0.1) is 6.92 Å². The van der Waals surface area contributed by atoms with Crippen molar-refractivity contribution >= 4 is 11.7 Å². The van der Waals surface area contributed by atoms with Crippen molar-refractivity contribution in [2.45, 2.75) is 13.2 Å². The summed E-state index contributed by atoms with van der Waals surface area (Å²) in [7, 11) is 2.98. The maximum absolute atomic E-state index is 12.2. The first-order chi connectivity index (χ1) is 11.0. The fraction of sp³-hybridized carbons (Fsp3) is 0.235. The average Bonchev–Trinajstić information content (AvgIpc) is 2.86. The van der Waals surface area contributed by atoms with Crippen molar-refractivity contribution in [3.8, 4) is 17.2 Å². The first-order valence-electron chi connectivity index (χ1n) is 7.07. The summed E-state index contributed by atoms with van der Waals surface area (Å²) in [5.41, 5.74) is 2.43. The van der Waals surface area contributed by atoms with Crippen LogP contribution >= 0.6 is 0 Å². The molecule has 1 aliphatic rings. The van der Waals surface area contributed by atoms with Crippen LogP contribution in [0.4, 0.5) is 5.69 Å². The molecule has 0 bridgehead atoms. The van der Waals surface area contributed by atoms with E-state index in [9.17, 15) is 9.90 Å². The van der Waals surface area contributed by atoms with Gasteiger partial charge in [-0.3, -0.25) is 0 Å². The molecule has 0 saturated carbocycles. The topological polar surface area (TPSA) is 77.0 Å². The molecular weight excluding hydrogens is 298 g/mol. The lowest BCUT2D eigenvalue weighted by atomic mass is 10.1. The Balaban J connectivity index is 2.00. The molecule has 2 aromatic rings. The zero-order chi connectivity index (χ0) is 16.6. The molecule has 2 N–H and O–H groups in total. The summed E-state index contributed by atoms with van der Waals surface area (Å²) in [5.74, 6) is 0.385. The van der Waals surface area contributed by atoms with Gasteiger partial charge in [-0.25, -0.2) is 4.79 Å². The average molecular weight is 315 g/mol. The van der Waals surface area contributed by atoms with E-state index in [1.165, 1.54) is 14.2 Å². The number of cyclic esters (lactones) is 1. The maximum atomic E-state index is 12.2. The van der Waals surface area contributed by atoms with E-state index in [4.69, 9.17) is 14.2 Å². The second kappa shape index (κ2) is 5.72. The number of methoxy groups -OCH3 is 2. The molecule has 23 heavy (non-hydrogen) atoms. The summed E-state index contributed by atoms with van der Waals surface area (Å²) in [6.45, 7) is 1.91. The van der Waals surface area contributed by atoms with Crippen molar-refractivity contribution < 1.29 is 24.1 Å². The van der Waals surface area contributed by atoms with Gasteiger partial charge in [0.25, 0.3) is 0 Å². The number of hydrogen-bond acceptors (Lipinski definition) is 6. The van der Waals surface area contributed by atoms with Crippen LogP contribution in [-0.2, 0) is 4.74 Å². The Hall–Kier alpha value is -2.89. The molecule has 6 nitrogen and oxygen atoms in total. The highest BCUT2D eigenvalue weighted by Gasteiger charge is 2.36. The van der Waals surface area contributed by atoms with Gasteiger partial charge in [0, 0.05) is 5.56 Å². The van der Waals surface area contributed by atoms with Crippen LogP contribution < -0.4 is 14.8 Å². The third-order valence-electron chi connectivity index (χ3n) is 3.73. The minimum absolute atomic E-state index is 0.0839. The number of esters is 1. The Kier molecular flexibility index (Phi) is 3.73. The van der Waals surface area contributed by atoms with E-state index in [0.717, 1.165) is 5.56 Å². The van der Waals surface area contributed by atoms with Crippen molar-refractivity contribution in [3.63, 3.8) is 0 Å². The van der Waals surface area contributed by atoms with Gasteiger partial charge in [0.1, 0.15) is 11.3 Å². The van der Waals surface area contributed by atoms with Gasteiger partial charge in [0.2, 0.25) is 6.23 Å². The van der Waals surface area contributed by atoms with E-state index in [1.54, 1.807) is 30.3 Å². The minimum Gasteiger partial charge on any atom is -0.506 e. The van der Waals surface area contributed by atoms with Crippen molar-refractivity contribution in [1.29, 1.82) is 0 Å². The van der Waals surface area contributed by atoms with E-state index >= 15 is 0 Å². The molecule has 0 radical (unpaired) electrons. The third-order valence-corrected chi connectivity index (χ3v) is 3.73. The number of ether oxygens (including phenoxy) is 3. The molecule has 3 rings (SSSR count). The highest BCUT2D eigenvalue weighted by Crippen LogP contribution is 2.42. The van der Waals surface area contributed by atoms with Gasteiger partial charge in [-0.05, 0) is 36.8 Å². The van der Waals surface area contributed by atoms with Crippen LogP contribution in [0.2, 0.25) is 0 Å². The molecule has 1 aliphatic heterocycles. The van der Waals surface area contributed by atoms with Crippen LogP contribution in [0.15, 0.2) is 30.3 Å². The molecule has 0 aromatic heterocycles. The molecule has 0 saturated heterocycles. The second-order valence-electron chi connectivity index (χ2n) is 5.22. The zero-order valence-corrected chi connectivity index (χ0v) is 13.0. The fourth-order valence-electron chi connectivity index (χ4n) is 2.61. The van der Waals surface area contributed by atoms with Crippen LogP contribution in [-0.4, -0.2) is 25.3 Å².